The monoisotopic (exact) mass is 506 g/mol. The molecule has 0 aliphatic rings. The molecule has 11 heteroatoms. The van der Waals surface area contributed by atoms with Gasteiger partial charge < -0.3 is 4.42 Å². The van der Waals surface area contributed by atoms with Crippen LogP contribution >= 0.6 is 0 Å². The molecule has 0 bridgehead atoms. The predicted octanol–water partition coefficient (Wildman–Crippen LogP) is 4.70. The minimum atomic E-state index is -3.77. The molecule has 1 aromatic heterocycles. The van der Waals surface area contributed by atoms with Crippen molar-refractivity contribution in [1.29, 1.82) is 0 Å². The van der Waals surface area contributed by atoms with E-state index in [1.54, 1.807) is 25.1 Å². The van der Waals surface area contributed by atoms with Crippen LogP contribution < -0.4 is 4.31 Å². The Balaban J connectivity index is 2.19. The van der Waals surface area contributed by atoms with Gasteiger partial charge in [0.05, 0.1) is 16.1 Å². The standard InChI is InChI=1S/C23H26N2O7S2/c1-4-5-15-24(33(3,28)29)23-22(18-11-13-19(14-12-18)25(26)27)17(2)21(32-23)16-34(30,31)20-9-7-6-8-10-20/h6-14H,4-5,15-16H2,1-3H3. The Morgan fingerprint density at radius 3 is 2.15 bits per heavy atom. The van der Waals surface area contributed by atoms with Gasteiger partial charge in [-0.05, 0) is 43.2 Å². The first-order valence-corrected chi connectivity index (χ1v) is 14.1. The molecule has 0 aliphatic heterocycles. The highest BCUT2D eigenvalue weighted by molar-refractivity contribution is 7.92. The van der Waals surface area contributed by atoms with E-state index in [1.165, 1.54) is 36.4 Å². The van der Waals surface area contributed by atoms with Gasteiger partial charge in [0, 0.05) is 29.8 Å². The molecule has 1 heterocycles. The molecule has 0 radical (unpaired) electrons. The van der Waals surface area contributed by atoms with E-state index < -0.39 is 30.5 Å². The minimum Gasteiger partial charge on any atom is -0.442 e. The molecule has 0 N–H and O–H groups in total. The minimum absolute atomic E-state index is 0.000523. The second kappa shape index (κ2) is 9.98. The number of unbranched alkanes of at least 4 members (excludes halogenated alkanes) is 1. The number of nitro groups is 1. The van der Waals surface area contributed by atoms with E-state index in [9.17, 15) is 26.9 Å². The maximum absolute atomic E-state index is 13.0. The molecule has 0 saturated carbocycles. The number of rotatable bonds is 10. The van der Waals surface area contributed by atoms with Gasteiger partial charge in [0.1, 0.15) is 11.5 Å². The number of nitrogens with zero attached hydrogens (tertiary/aromatic N) is 2. The second-order valence-electron chi connectivity index (χ2n) is 7.90. The van der Waals surface area contributed by atoms with Crippen LogP contribution in [0.3, 0.4) is 0 Å². The molecule has 0 atom stereocenters. The highest BCUT2D eigenvalue weighted by atomic mass is 32.2. The van der Waals surface area contributed by atoms with Gasteiger partial charge in [-0.25, -0.2) is 21.1 Å². The lowest BCUT2D eigenvalue weighted by atomic mass is 10.0. The van der Waals surface area contributed by atoms with Gasteiger partial charge in [-0.15, -0.1) is 0 Å². The van der Waals surface area contributed by atoms with Crippen LogP contribution in [0.1, 0.15) is 31.1 Å². The maximum atomic E-state index is 13.0. The molecule has 34 heavy (non-hydrogen) atoms. The van der Waals surface area contributed by atoms with Crippen molar-refractivity contribution < 1.29 is 26.2 Å². The van der Waals surface area contributed by atoms with Crippen molar-refractivity contribution in [1.82, 2.24) is 0 Å². The lowest BCUT2D eigenvalue weighted by molar-refractivity contribution is -0.384. The number of nitro benzene ring substituents is 1. The van der Waals surface area contributed by atoms with Gasteiger partial charge in [0.2, 0.25) is 15.9 Å². The summed E-state index contributed by atoms with van der Waals surface area (Å²) >= 11 is 0. The molecule has 0 spiro atoms. The molecule has 182 valence electrons. The van der Waals surface area contributed by atoms with Crippen molar-refractivity contribution in [2.45, 2.75) is 37.3 Å². The molecule has 9 nitrogen and oxygen atoms in total. The number of sulfonamides is 1. The molecule has 0 saturated heterocycles. The number of benzene rings is 2. The van der Waals surface area contributed by atoms with Crippen molar-refractivity contribution in [2.75, 3.05) is 17.1 Å². The normalized spacial score (nSPS) is 12.0. The van der Waals surface area contributed by atoms with Gasteiger partial charge in [-0.1, -0.05) is 31.5 Å². The molecule has 2 aromatic carbocycles. The summed E-state index contributed by atoms with van der Waals surface area (Å²) in [4.78, 5) is 10.7. The van der Waals surface area contributed by atoms with Gasteiger partial charge in [0.25, 0.3) is 5.69 Å². The Kier molecular flexibility index (Phi) is 7.47. The van der Waals surface area contributed by atoms with E-state index in [4.69, 9.17) is 4.42 Å². The van der Waals surface area contributed by atoms with Crippen molar-refractivity contribution in [2.24, 2.45) is 0 Å². The quantitative estimate of drug-likeness (QED) is 0.288. The van der Waals surface area contributed by atoms with Crippen LogP contribution in [0.15, 0.2) is 63.9 Å². The van der Waals surface area contributed by atoms with Crippen LogP contribution in [0.4, 0.5) is 11.6 Å². The van der Waals surface area contributed by atoms with Crippen molar-refractivity contribution in [3.63, 3.8) is 0 Å². The van der Waals surface area contributed by atoms with Crippen LogP contribution in [-0.4, -0.2) is 34.6 Å². The first kappa shape index (κ1) is 25.4. The van der Waals surface area contributed by atoms with E-state index in [0.29, 0.717) is 23.1 Å². The lowest BCUT2D eigenvalue weighted by Crippen LogP contribution is -2.31. The summed E-state index contributed by atoms with van der Waals surface area (Å²) < 4.78 is 58.4. The summed E-state index contributed by atoms with van der Waals surface area (Å²) in [5.74, 6) is -0.355. The summed E-state index contributed by atoms with van der Waals surface area (Å²) in [5.41, 5.74) is 1.20. The zero-order valence-electron chi connectivity index (χ0n) is 19.1. The van der Waals surface area contributed by atoms with Crippen molar-refractivity contribution >= 4 is 31.4 Å². The number of hydrogen-bond donors (Lipinski definition) is 0. The van der Waals surface area contributed by atoms with Gasteiger partial charge in [-0.2, -0.15) is 0 Å². The Bertz CT molecular complexity index is 1380. The molecule has 3 aromatic rings. The van der Waals surface area contributed by atoms with E-state index in [-0.39, 0.29) is 28.8 Å². The average Bonchev–Trinajstić information content (AvgIpc) is 3.08. The SMILES string of the molecule is CCCCN(c1oc(CS(=O)(=O)c2ccccc2)c(C)c1-c1ccc([N+](=O)[O-])cc1)S(C)(=O)=O. The third kappa shape index (κ3) is 5.48. The molecular weight excluding hydrogens is 480 g/mol. The van der Waals surface area contributed by atoms with Crippen LogP contribution in [0.25, 0.3) is 11.1 Å². The van der Waals surface area contributed by atoms with Crippen LogP contribution in [0.2, 0.25) is 0 Å². The fourth-order valence-electron chi connectivity index (χ4n) is 3.55. The fourth-order valence-corrected chi connectivity index (χ4v) is 5.80. The third-order valence-corrected chi connectivity index (χ3v) is 8.14. The fraction of sp³-hybridized carbons (Fsp3) is 0.304. The Morgan fingerprint density at radius 1 is 1.00 bits per heavy atom. The Hall–Kier alpha value is -3.18. The molecule has 0 aliphatic carbocycles. The van der Waals surface area contributed by atoms with E-state index in [1.807, 2.05) is 6.92 Å². The topological polar surface area (TPSA) is 128 Å². The molecule has 0 amide bonds. The summed E-state index contributed by atoms with van der Waals surface area (Å²) in [6.45, 7) is 3.72. The molecule has 0 fully saturated rings. The summed E-state index contributed by atoms with van der Waals surface area (Å²) in [7, 11) is -7.53. The largest absolute Gasteiger partial charge is 0.442 e. The highest BCUT2D eigenvalue weighted by Crippen LogP contribution is 2.41. The number of non-ortho nitro benzene ring substituents is 1. The third-order valence-electron chi connectivity index (χ3n) is 5.36. The summed E-state index contributed by atoms with van der Waals surface area (Å²) in [5, 5.41) is 11.1. The van der Waals surface area contributed by atoms with E-state index >= 15 is 0 Å². The maximum Gasteiger partial charge on any atom is 0.269 e. The predicted molar refractivity (Wildman–Crippen MR) is 130 cm³/mol. The Morgan fingerprint density at radius 2 is 1.62 bits per heavy atom. The van der Waals surface area contributed by atoms with Crippen LogP contribution in [0.5, 0.6) is 0 Å². The summed E-state index contributed by atoms with van der Waals surface area (Å²) in [6.07, 6.45) is 2.35. The number of furan rings is 1. The van der Waals surface area contributed by atoms with E-state index in [0.717, 1.165) is 17.0 Å². The van der Waals surface area contributed by atoms with Gasteiger partial charge in [0.15, 0.2) is 9.84 Å². The average molecular weight is 507 g/mol. The Labute approximate surface area is 199 Å². The summed E-state index contributed by atoms with van der Waals surface area (Å²) in [6, 6.07) is 13.5. The van der Waals surface area contributed by atoms with Crippen LogP contribution in [-0.2, 0) is 25.6 Å². The number of anilines is 1. The van der Waals surface area contributed by atoms with Crippen molar-refractivity contribution in [3.05, 3.63) is 76.0 Å². The van der Waals surface area contributed by atoms with Gasteiger partial charge >= 0.3 is 0 Å². The highest BCUT2D eigenvalue weighted by Gasteiger charge is 2.30. The molecule has 0 unspecified atom stereocenters. The molecule has 3 rings (SSSR count). The van der Waals surface area contributed by atoms with Crippen molar-refractivity contribution in [3.8, 4) is 11.1 Å². The first-order valence-electron chi connectivity index (χ1n) is 10.6. The second-order valence-corrected chi connectivity index (χ2v) is 11.8. The van der Waals surface area contributed by atoms with Crippen LogP contribution in [0, 0.1) is 17.0 Å². The number of sulfone groups is 1. The lowest BCUT2D eigenvalue weighted by Gasteiger charge is -2.21. The number of hydrogen-bond acceptors (Lipinski definition) is 7. The van der Waals surface area contributed by atoms with E-state index in [2.05, 4.69) is 0 Å². The zero-order chi connectivity index (χ0) is 25.1. The smallest absolute Gasteiger partial charge is 0.269 e. The zero-order valence-corrected chi connectivity index (χ0v) is 20.7. The van der Waals surface area contributed by atoms with Gasteiger partial charge in [-0.3, -0.25) is 10.1 Å². The molecular formula is C23H26N2O7S2. The first-order chi connectivity index (χ1) is 16.0.